The minimum atomic E-state index is -0.00556. The molecule has 1 aromatic carbocycles. The average molecular weight is 248 g/mol. The molecule has 0 saturated heterocycles. The van der Waals surface area contributed by atoms with Crippen molar-refractivity contribution in [1.82, 2.24) is 10.6 Å². The molecule has 0 saturated carbocycles. The molecule has 0 aromatic heterocycles. The molecule has 0 aliphatic heterocycles. The minimum absolute atomic E-state index is 0.00556. The van der Waals surface area contributed by atoms with Crippen LogP contribution in [0.1, 0.15) is 36.7 Å². The Morgan fingerprint density at radius 2 is 1.72 bits per heavy atom. The Morgan fingerprint density at radius 3 is 2.28 bits per heavy atom. The molecule has 2 N–H and O–H groups in total. The lowest BCUT2D eigenvalue weighted by Gasteiger charge is -2.17. The fourth-order valence-corrected chi connectivity index (χ4v) is 1.52. The number of rotatable bonds is 6. The van der Waals surface area contributed by atoms with E-state index in [1.165, 1.54) is 5.56 Å². The van der Waals surface area contributed by atoms with Gasteiger partial charge >= 0.3 is 0 Å². The van der Waals surface area contributed by atoms with E-state index in [0.29, 0.717) is 18.5 Å². The van der Waals surface area contributed by atoms with Crippen LogP contribution in [0.5, 0.6) is 0 Å². The first-order chi connectivity index (χ1) is 8.50. The predicted octanol–water partition coefficient (Wildman–Crippen LogP) is 2.36. The molecule has 0 fully saturated rings. The fourth-order valence-electron chi connectivity index (χ4n) is 1.52. The Hall–Kier alpha value is -1.35. The maximum Gasteiger partial charge on any atom is 0.251 e. The first-order valence-corrected chi connectivity index (χ1v) is 6.59. The topological polar surface area (TPSA) is 41.1 Å². The smallest absolute Gasteiger partial charge is 0.251 e. The van der Waals surface area contributed by atoms with E-state index in [-0.39, 0.29) is 5.91 Å². The maximum absolute atomic E-state index is 11.8. The molecule has 0 aliphatic carbocycles. The number of amides is 1. The Morgan fingerprint density at radius 1 is 1.11 bits per heavy atom. The third kappa shape index (κ3) is 4.88. The highest BCUT2D eigenvalue weighted by molar-refractivity contribution is 5.94. The van der Waals surface area contributed by atoms with Gasteiger partial charge in [-0.25, -0.2) is 0 Å². The van der Waals surface area contributed by atoms with Gasteiger partial charge in [0.1, 0.15) is 0 Å². The van der Waals surface area contributed by atoms with Crippen molar-refractivity contribution in [3.63, 3.8) is 0 Å². The Balaban J connectivity index is 2.27. The predicted molar refractivity (Wildman–Crippen MR) is 75.8 cm³/mol. The van der Waals surface area contributed by atoms with Crippen molar-refractivity contribution in [2.45, 2.75) is 33.7 Å². The van der Waals surface area contributed by atoms with Crippen LogP contribution < -0.4 is 10.6 Å². The van der Waals surface area contributed by atoms with Gasteiger partial charge in [0.2, 0.25) is 0 Å². The molecule has 3 nitrogen and oxygen atoms in total. The van der Waals surface area contributed by atoms with E-state index in [4.69, 9.17) is 0 Å². The molecule has 0 radical (unpaired) electrons. The molecule has 100 valence electrons. The highest BCUT2D eigenvalue weighted by Gasteiger charge is 2.06. The number of benzene rings is 1. The van der Waals surface area contributed by atoms with E-state index in [2.05, 4.69) is 31.4 Å². The molecule has 0 heterocycles. The van der Waals surface area contributed by atoms with E-state index in [0.717, 1.165) is 12.1 Å². The highest BCUT2D eigenvalue weighted by Crippen LogP contribution is 2.02. The summed E-state index contributed by atoms with van der Waals surface area (Å²) in [4.78, 5) is 11.8. The summed E-state index contributed by atoms with van der Waals surface area (Å²) in [6, 6.07) is 8.09. The monoisotopic (exact) mass is 248 g/mol. The molecule has 0 bridgehead atoms. The van der Waals surface area contributed by atoms with E-state index in [1.807, 2.05) is 31.2 Å². The van der Waals surface area contributed by atoms with Gasteiger partial charge in [-0.05, 0) is 31.9 Å². The van der Waals surface area contributed by atoms with E-state index >= 15 is 0 Å². The summed E-state index contributed by atoms with van der Waals surface area (Å²) in [5, 5.41) is 6.29. The summed E-state index contributed by atoms with van der Waals surface area (Å²) in [6.45, 7) is 10.00. The Kier molecular flexibility index (Phi) is 5.86. The third-order valence-electron chi connectivity index (χ3n) is 3.19. The molecule has 3 heteroatoms. The van der Waals surface area contributed by atoms with Crippen molar-refractivity contribution < 1.29 is 4.79 Å². The zero-order valence-electron chi connectivity index (χ0n) is 11.8. The number of nitrogens with one attached hydrogen (secondary N) is 2. The van der Waals surface area contributed by atoms with Crippen molar-refractivity contribution in [3.05, 3.63) is 35.4 Å². The van der Waals surface area contributed by atoms with E-state index < -0.39 is 0 Å². The second-order valence-electron chi connectivity index (χ2n) is 5.11. The second-order valence-corrected chi connectivity index (χ2v) is 5.11. The van der Waals surface area contributed by atoms with Gasteiger partial charge in [-0.3, -0.25) is 4.79 Å². The maximum atomic E-state index is 11.8. The molecule has 1 unspecified atom stereocenters. The number of hydrogen-bond acceptors (Lipinski definition) is 2. The fraction of sp³-hybridized carbons (Fsp3) is 0.533. The molecule has 1 atom stereocenters. The molecule has 0 spiro atoms. The first-order valence-electron chi connectivity index (χ1n) is 6.59. The lowest BCUT2D eigenvalue weighted by atomic mass is 10.1. The van der Waals surface area contributed by atoms with Crippen LogP contribution in [-0.2, 0) is 0 Å². The molecule has 1 amide bonds. The standard InChI is InChI=1S/C15H24N2O/c1-11(2)13(4)16-9-10-17-15(18)14-7-5-12(3)6-8-14/h5-8,11,13,16H,9-10H2,1-4H3,(H,17,18). The molecular formula is C15H24N2O. The normalized spacial score (nSPS) is 12.5. The van der Waals surface area contributed by atoms with Crippen LogP contribution in [0.3, 0.4) is 0 Å². The lowest BCUT2D eigenvalue weighted by molar-refractivity contribution is 0.0953. The van der Waals surface area contributed by atoms with Gasteiger partial charge in [0, 0.05) is 24.7 Å². The van der Waals surface area contributed by atoms with Crippen molar-refractivity contribution in [2.24, 2.45) is 5.92 Å². The van der Waals surface area contributed by atoms with E-state index in [9.17, 15) is 4.79 Å². The minimum Gasteiger partial charge on any atom is -0.351 e. The quantitative estimate of drug-likeness (QED) is 0.759. The number of aryl methyl sites for hydroxylation is 1. The zero-order valence-corrected chi connectivity index (χ0v) is 11.8. The summed E-state index contributed by atoms with van der Waals surface area (Å²) in [7, 11) is 0. The highest BCUT2D eigenvalue weighted by atomic mass is 16.1. The zero-order chi connectivity index (χ0) is 13.5. The summed E-state index contributed by atoms with van der Waals surface area (Å²) >= 11 is 0. The largest absolute Gasteiger partial charge is 0.351 e. The van der Waals surface area contributed by atoms with Crippen LogP contribution in [0.15, 0.2) is 24.3 Å². The van der Waals surface area contributed by atoms with Crippen molar-refractivity contribution in [3.8, 4) is 0 Å². The summed E-state index contributed by atoms with van der Waals surface area (Å²) in [5.74, 6) is 0.604. The summed E-state index contributed by atoms with van der Waals surface area (Å²) in [5.41, 5.74) is 1.89. The van der Waals surface area contributed by atoms with Crippen molar-refractivity contribution in [1.29, 1.82) is 0 Å². The second kappa shape index (κ2) is 7.17. The summed E-state index contributed by atoms with van der Waals surface area (Å²) in [6.07, 6.45) is 0. The van der Waals surface area contributed by atoms with Crippen molar-refractivity contribution in [2.75, 3.05) is 13.1 Å². The van der Waals surface area contributed by atoms with Gasteiger partial charge in [0.15, 0.2) is 0 Å². The first kappa shape index (κ1) is 14.7. The van der Waals surface area contributed by atoms with Gasteiger partial charge in [-0.1, -0.05) is 31.5 Å². The lowest BCUT2D eigenvalue weighted by Crippen LogP contribution is -2.37. The van der Waals surface area contributed by atoms with Gasteiger partial charge in [-0.15, -0.1) is 0 Å². The Labute approximate surface area is 110 Å². The number of hydrogen-bond donors (Lipinski definition) is 2. The molecule has 18 heavy (non-hydrogen) atoms. The van der Waals surface area contributed by atoms with Crippen LogP contribution in [-0.4, -0.2) is 25.0 Å². The van der Waals surface area contributed by atoms with Gasteiger partial charge in [-0.2, -0.15) is 0 Å². The molecule has 0 aliphatic rings. The van der Waals surface area contributed by atoms with Gasteiger partial charge in [0.05, 0.1) is 0 Å². The van der Waals surface area contributed by atoms with Crippen LogP contribution in [0.4, 0.5) is 0 Å². The van der Waals surface area contributed by atoms with E-state index in [1.54, 1.807) is 0 Å². The Bertz CT molecular complexity index is 371. The van der Waals surface area contributed by atoms with Crippen LogP contribution in [0.2, 0.25) is 0 Å². The number of carbonyl (C=O) groups excluding carboxylic acids is 1. The average Bonchev–Trinajstić information content (AvgIpc) is 2.34. The molecular weight excluding hydrogens is 224 g/mol. The summed E-state index contributed by atoms with van der Waals surface area (Å²) < 4.78 is 0. The van der Waals surface area contributed by atoms with Crippen LogP contribution in [0, 0.1) is 12.8 Å². The van der Waals surface area contributed by atoms with Gasteiger partial charge in [0.25, 0.3) is 5.91 Å². The van der Waals surface area contributed by atoms with Crippen LogP contribution >= 0.6 is 0 Å². The molecule has 1 aromatic rings. The van der Waals surface area contributed by atoms with Crippen LogP contribution in [0.25, 0.3) is 0 Å². The van der Waals surface area contributed by atoms with Crippen molar-refractivity contribution >= 4 is 5.91 Å². The van der Waals surface area contributed by atoms with Gasteiger partial charge < -0.3 is 10.6 Å². The molecule has 1 rings (SSSR count). The number of carbonyl (C=O) groups is 1. The third-order valence-corrected chi connectivity index (χ3v) is 3.19. The SMILES string of the molecule is Cc1ccc(C(=O)NCCNC(C)C(C)C)cc1.